The highest BCUT2D eigenvalue weighted by Crippen LogP contribution is 2.36. The van der Waals surface area contributed by atoms with Crippen molar-refractivity contribution in [2.45, 2.75) is 61.2 Å². The third-order valence-corrected chi connectivity index (χ3v) is 4.66. The summed E-state index contributed by atoms with van der Waals surface area (Å²) in [5, 5.41) is 0. The molecule has 0 bridgehead atoms. The summed E-state index contributed by atoms with van der Waals surface area (Å²) in [7, 11) is 0. The van der Waals surface area contributed by atoms with Crippen LogP contribution in [0.25, 0.3) is 11.1 Å². The van der Waals surface area contributed by atoms with Gasteiger partial charge in [0.1, 0.15) is 24.7 Å². The normalized spacial score (nSPS) is 10.4. The van der Waals surface area contributed by atoms with Gasteiger partial charge >= 0.3 is 23.9 Å². The topological polar surface area (TPSA) is 105 Å². The van der Waals surface area contributed by atoms with Crippen molar-refractivity contribution in [3.05, 3.63) is 46.5 Å². The lowest BCUT2D eigenvalue weighted by molar-refractivity contribution is -0.143. The maximum absolute atomic E-state index is 11.7. The third-order valence-electron chi connectivity index (χ3n) is 4.66. The number of carbonyl (C=O) groups excluding carboxylic acids is 4. The van der Waals surface area contributed by atoms with Crippen LogP contribution >= 0.6 is 0 Å². The van der Waals surface area contributed by atoms with E-state index < -0.39 is 23.9 Å². The number of hydrogen-bond donors (Lipinski definition) is 0. The lowest BCUT2D eigenvalue weighted by Gasteiger charge is -2.18. The largest absolute Gasteiger partial charge is 0.461 e. The van der Waals surface area contributed by atoms with Crippen LogP contribution in [-0.4, -0.2) is 23.9 Å². The maximum atomic E-state index is 11.7. The minimum absolute atomic E-state index is 0.0659. The Bertz CT molecular complexity index is 1080. The summed E-state index contributed by atoms with van der Waals surface area (Å²) in [6.07, 6.45) is 0.564. The number of aryl methyl sites for hydroxylation is 2. The monoisotopic (exact) mass is 456 g/mol. The van der Waals surface area contributed by atoms with Gasteiger partial charge in [0.05, 0.1) is 0 Å². The van der Waals surface area contributed by atoms with Crippen LogP contribution in [0, 0.1) is 6.92 Å². The van der Waals surface area contributed by atoms with Gasteiger partial charge < -0.3 is 18.9 Å². The number of esters is 4. The van der Waals surface area contributed by atoms with Crippen molar-refractivity contribution in [1.82, 2.24) is 0 Å². The third kappa shape index (κ3) is 7.17. The molecule has 0 spiro atoms. The fraction of sp³-hybridized carbons (Fsp3) is 0.360. The SMILES string of the molecule is CCc1cc(-c2cc(C)c(OC(C)=O)c(COC(C)=O)c2)cc(COC(C)=O)c1OC(C)=O. The molecule has 0 N–H and O–H groups in total. The standard InChI is InChI=1S/C25H28O8/c1-7-19-9-21(11-23(13-31-16(4)27)25(19)33-18(6)29)20-8-14(2)24(32-17(5)28)22(10-20)12-30-15(3)26/h8-11H,7,12-13H2,1-6H3. The Balaban J connectivity index is 2.66. The fourth-order valence-corrected chi connectivity index (χ4v) is 3.34. The molecule has 8 nitrogen and oxygen atoms in total. The first-order chi connectivity index (χ1) is 15.5. The molecule has 2 aromatic rings. The van der Waals surface area contributed by atoms with Crippen LogP contribution < -0.4 is 9.47 Å². The zero-order chi connectivity index (χ0) is 24.7. The van der Waals surface area contributed by atoms with Crippen molar-refractivity contribution >= 4 is 23.9 Å². The van der Waals surface area contributed by atoms with E-state index in [-0.39, 0.29) is 13.2 Å². The summed E-state index contributed by atoms with van der Waals surface area (Å²) in [6, 6.07) is 7.26. The number of hydrogen-bond acceptors (Lipinski definition) is 8. The molecule has 2 rings (SSSR count). The van der Waals surface area contributed by atoms with E-state index in [1.807, 2.05) is 19.1 Å². The average molecular weight is 456 g/mol. The van der Waals surface area contributed by atoms with Gasteiger partial charge in [0, 0.05) is 38.8 Å². The molecule has 2 aromatic carbocycles. The van der Waals surface area contributed by atoms with Gasteiger partial charge in [-0.2, -0.15) is 0 Å². The second kappa shape index (κ2) is 11.3. The van der Waals surface area contributed by atoms with Gasteiger partial charge in [0.15, 0.2) is 0 Å². The summed E-state index contributed by atoms with van der Waals surface area (Å²) in [5.41, 5.74) is 4.03. The Hall–Kier alpha value is -3.68. The zero-order valence-corrected chi connectivity index (χ0v) is 19.7. The van der Waals surface area contributed by atoms with Crippen molar-refractivity contribution in [3.63, 3.8) is 0 Å². The van der Waals surface area contributed by atoms with Crippen LogP contribution in [0.5, 0.6) is 11.5 Å². The molecule has 0 aliphatic rings. The van der Waals surface area contributed by atoms with Gasteiger partial charge in [-0.25, -0.2) is 0 Å². The number of carbonyl (C=O) groups is 4. The van der Waals surface area contributed by atoms with E-state index in [2.05, 4.69) is 0 Å². The van der Waals surface area contributed by atoms with Gasteiger partial charge in [-0.05, 0) is 59.9 Å². The van der Waals surface area contributed by atoms with Gasteiger partial charge in [0.25, 0.3) is 0 Å². The molecule has 0 aromatic heterocycles. The van der Waals surface area contributed by atoms with E-state index >= 15 is 0 Å². The van der Waals surface area contributed by atoms with Crippen molar-refractivity contribution < 1.29 is 38.1 Å². The van der Waals surface area contributed by atoms with Crippen LogP contribution in [0.3, 0.4) is 0 Å². The predicted molar refractivity (Wildman–Crippen MR) is 120 cm³/mol. The van der Waals surface area contributed by atoms with Gasteiger partial charge in [-0.15, -0.1) is 0 Å². The van der Waals surface area contributed by atoms with E-state index in [1.54, 1.807) is 19.1 Å². The molecule has 0 atom stereocenters. The summed E-state index contributed by atoms with van der Waals surface area (Å²) in [5.74, 6) is -1.19. The summed E-state index contributed by atoms with van der Waals surface area (Å²) < 4.78 is 21.1. The minimum Gasteiger partial charge on any atom is -0.461 e. The molecule has 0 unspecified atom stereocenters. The molecule has 0 saturated carbocycles. The van der Waals surface area contributed by atoms with Crippen LogP contribution in [0.15, 0.2) is 24.3 Å². The van der Waals surface area contributed by atoms with Crippen LogP contribution in [-0.2, 0) is 48.3 Å². The van der Waals surface area contributed by atoms with Crippen molar-refractivity contribution in [2.24, 2.45) is 0 Å². The Labute approximate surface area is 192 Å². The van der Waals surface area contributed by atoms with E-state index in [1.165, 1.54) is 27.7 Å². The second-order valence-electron chi connectivity index (χ2n) is 7.51. The first kappa shape index (κ1) is 25.6. The van der Waals surface area contributed by atoms with Gasteiger partial charge in [-0.3, -0.25) is 19.2 Å². The Morgan fingerprint density at radius 2 is 1.06 bits per heavy atom. The number of benzene rings is 2. The molecule has 0 amide bonds. The Morgan fingerprint density at radius 3 is 1.52 bits per heavy atom. The van der Waals surface area contributed by atoms with E-state index in [0.29, 0.717) is 34.6 Å². The summed E-state index contributed by atoms with van der Waals surface area (Å²) in [6.45, 7) is 8.77. The summed E-state index contributed by atoms with van der Waals surface area (Å²) >= 11 is 0. The lowest BCUT2D eigenvalue weighted by atomic mass is 9.94. The second-order valence-corrected chi connectivity index (χ2v) is 7.51. The first-order valence-corrected chi connectivity index (χ1v) is 10.4. The maximum Gasteiger partial charge on any atom is 0.308 e. The van der Waals surface area contributed by atoms with Crippen molar-refractivity contribution in [2.75, 3.05) is 0 Å². The van der Waals surface area contributed by atoms with Gasteiger partial charge in [-0.1, -0.05) is 6.92 Å². The smallest absolute Gasteiger partial charge is 0.308 e. The zero-order valence-electron chi connectivity index (χ0n) is 19.7. The van der Waals surface area contributed by atoms with E-state index in [0.717, 1.165) is 16.7 Å². The number of rotatable bonds is 8. The molecular formula is C25H28O8. The lowest BCUT2D eigenvalue weighted by Crippen LogP contribution is -2.10. The number of ether oxygens (including phenoxy) is 4. The minimum atomic E-state index is -0.488. The average Bonchev–Trinajstić information content (AvgIpc) is 2.72. The highest BCUT2D eigenvalue weighted by molar-refractivity contribution is 5.76. The molecule has 33 heavy (non-hydrogen) atoms. The van der Waals surface area contributed by atoms with Gasteiger partial charge in [0.2, 0.25) is 0 Å². The quantitative estimate of drug-likeness (QED) is 0.430. The van der Waals surface area contributed by atoms with Crippen molar-refractivity contribution in [1.29, 1.82) is 0 Å². The predicted octanol–water partition coefficient (Wildman–Crippen LogP) is 4.20. The Kier molecular flexibility index (Phi) is 8.73. The van der Waals surface area contributed by atoms with Crippen LogP contribution in [0.4, 0.5) is 0 Å². The molecule has 0 heterocycles. The highest BCUT2D eigenvalue weighted by atomic mass is 16.6. The fourth-order valence-electron chi connectivity index (χ4n) is 3.34. The van der Waals surface area contributed by atoms with Crippen LogP contribution in [0.1, 0.15) is 56.9 Å². The molecule has 176 valence electrons. The van der Waals surface area contributed by atoms with Crippen molar-refractivity contribution in [3.8, 4) is 22.6 Å². The van der Waals surface area contributed by atoms with Crippen LogP contribution in [0.2, 0.25) is 0 Å². The first-order valence-electron chi connectivity index (χ1n) is 10.4. The molecule has 0 aliphatic carbocycles. The molecule has 0 fully saturated rings. The summed E-state index contributed by atoms with van der Waals surface area (Å²) in [4.78, 5) is 46.0. The molecule has 0 saturated heterocycles. The molecular weight excluding hydrogens is 428 g/mol. The molecule has 0 aliphatic heterocycles. The highest BCUT2D eigenvalue weighted by Gasteiger charge is 2.18. The van der Waals surface area contributed by atoms with E-state index in [4.69, 9.17) is 18.9 Å². The van der Waals surface area contributed by atoms with E-state index in [9.17, 15) is 19.2 Å². The Morgan fingerprint density at radius 1 is 0.636 bits per heavy atom. The molecule has 0 radical (unpaired) electrons. The molecule has 8 heteroatoms.